The smallest absolute Gasteiger partial charge is 0.231 e. The van der Waals surface area contributed by atoms with Crippen LogP contribution in [0.2, 0.25) is 0 Å². The monoisotopic (exact) mass is 311 g/mol. The van der Waals surface area contributed by atoms with E-state index in [0.717, 1.165) is 30.6 Å². The van der Waals surface area contributed by atoms with Gasteiger partial charge in [-0.1, -0.05) is 12.1 Å². The van der Waals surface area contributed by atoms with Crippen LogP contribution in [-0.4, -0.2) is 24.9 Å². The first-order valence-electron chi connectivity index (χ1n) is 6.89. The molecule has 1 atom stereocenters. The van der Waals surface area contributed by atoms with Crippen LogP contribution < -0.4 is 16.4 Å². The summed E-state index contributed by atoms with van der Waals surface area (Å²) in [5.74, 6) is -0.324. The molecule has 1 aromatic rings. The van der Waals surface area contributed by atoms with Crippen molar-refractivity contribution in [3.63, 3.8) is 0 Å². The van der Waals surface area contributed by atoms with E-state index in [1.807, 2.05) is 19.1 Å². The number of primary amides is 1. The van der Waals surface area contributed by atoms with E-state index in [4.69, 9.17) is 5.73 Å². The number of carbonyl (C=O) groups excluding carboxylic acids is 2. The largest absolute Gasteiger partial charge is 0.369 e. The van der Waals surface area contributed by atoms with Crippen molar-refractivity contribution in [1.29, 1.82) is 0 Å². The molecule has 1 fully saturated rings. The first-order valence-corrected chi connectivity index (χ1v) is 6.89. The Bertz CT molecular complexity index is 496. The van der Waals surface area contributed by atoms with E-state index in [9.17, 15) is 9.59 Å². The molecule has 1 aliphatic rings. The first kappa shape index (κ1) is 17.5. The average molecular weight is 312 g/mol. The Morgan fingerprint density at radius 1 is 1.33 bits per heavy atom. The summed E-state index contributed by atoms with van der Waals surface area (Å²) >= 11 is 0. The van der Waals surface area contributed by atoms with Gasteiger partial charge in [-0.25, -0.2) is 0 Å². The Labute approximate surface area is 131 Å². The van der Waals surface area contributed by atoms with E-state index in [2.05, 4.69) is 10.6 Å². The molecule has 5 nitrogen and oxygen atoms in total. The standard InChI is InChI=1S/C15H21N3O2.ClH/c1-15(7-2-8-17-10-15)14(20)18-12-5-3-11(4-6-12)9-13(16)19;/h3-6,17H,2,7-10H2,1H3,(H2,16,19)(H,18,20);1H. The third-order valence-electron chi connectivity index (χ3n) is 3.74. The van der Waals surface area contributed by atoms with Gasteiger partial charge >= 0.3 is 0 Å². The van der Waals surface area contributed by atoms with Gasteiger partial charge in [0, 0.05) is 12.2 Å². The van der Waals surface area contributed by atoms with E-state index in [-0.39, 0.29) is 36.1 Å². The zero-order valence-electron chi connectivity index (χ0n) is 12.1. The molecular formula is C15H22ClN3O2. The molecule has 21 heavy (non-hydrogen) atoms. The lowest BCUT2D eigenvalue weighted by atomic mass is 9.82. The summed E-state index contributed by atoms with van der Waals surface area (Å²) in [7, 11) is 0. The van der Waals surface area contributed by atoms with Crippen LogP contribution in [0, 0.1) is 5.41 Å². The molecule has 0 bridgehead atoms. The van der Waals surface area contributed by atoms with E-state index < -0.39 is 0 Å². The normalized spacial score (nSPS) is 21.2. The van der Waals surface area contributed by atoms with Crippen LogP contribution in [-0.2, 0) is 16.0 Å². The van der Waals surface area contributed by atoms with Gasteiger partial charge in [-0.2, -0.15) is 0 Å². The minimum Gasteiger partial charge on any atom is -0.369 e. The lowest BCUT2D eigenvalue weighted by Gasteiger charge is -2.32. The van der Waals surface area contributed by atoms with E-state index >= 15 is 0 Å². The number of nitrogens with two attached hydrogens (primary N) is 1. The number of benzene rings is 1. The van der Waals surface area contributed by atoms with Gasteiger partial charge in [-0.15, -0.1) is 12.4 Å². The van der Waals surface area contributed by atoms with Gasteiger partial charge in [0.2, 0.25) is 11.8 Å². The fraction of sp³-hybridized carbons (Fsp3) is 0.467. The number of amides is 2. The molecule has 6 heteroatoms. The van der Waals surface area contributed by atoms with Crippen LogP contribution >= 0.6 is 12.4 Å². The zero-order chi connectivity index (χ0) is 14.6. The highest BCUT2D eigenvalue weighted by Gasteiger charge is 2.34. The molecular weight excluding hydrogens is 290 g/mol. The van der Waals surface area contributed by atoms with Crippen molar-refractivity contribution < 1.29 is 9.59 Å². The SMILES string of the molecule is CC1(C(=O)Nc2ccc(CC(N)=O)cc2)CCCNC1.Cl. The predicted molar refractivity (Wildman–Crippen MR) is 85.4 cm³/mol. The van der Waals surface area contributed by atoms with Gasteiger partial charge in [-0.05, 0) is 44.0 Å². The second-order valence-corrected chi connectivity index (χ2v) is 5.64. The second-order valence-electron chi connectivity index (χ2n) is 5.64. The van der Waals surface area contributed by atoms with Crippen molar-refractivity contribution >= 4 is 29.9 Å². The summed E-state index contributed by atoms with van der Waals surface area (Å²) in [6, 6.07) is 7.22. The maximum absolute atomic E-state index is 12.3. The van der Waals surface area contributed by atoms with Crippen molar-refractivity contribution in [1.82, 2.24) is 5.32 Å². The summed E-state index contributed by atoms with van der Waals surface area (Å²) in [5, 5.41) is 6.20. The first-order chi connectivity index (χ1) is 9.49. The number of carbonyl (C=O) groups is 2. The molecule has 0 aromatic heterocycles. The fourth-order valence-corrected chi connectivity index (χ4v) is 2.44. The maximum Gasteiger partial charge on any atom is 0.231 e. The number of anilines is 1. The van der Waals surface area contributed by atoms with Gasteiger partial charge in [-0.3, -0.25) is 9.59 Å². The molecule has 0 aliphatic carbocycles. The number of hydrogen-bond acceptors (Lipinski definition) is 3. The summed E-state index contributed by atoms with van der Waals surface area (Å²) in [5.41, 5.74) is 6.38. The van der Waals surface area contributed by atoms with Crippen LogP contribution in [0.3, 0.4) is 0 Å². The van der Waals surface area contributed by atoms with Crippen LogP contribution in [0.15, 0.2) is 24.3 Å². The summed E-state index contributed by atoms with van der Waals surface area (Å²) in [6.07, 6.45) is 2.13. The second kappa shape index (κ2) is 7.43. The molecule has 2 amide bonds. The number of hydrogen-bond donors (Lipinski definition) is 3. The van der Waals surface area contributed by atoms with Gasteiger partial charge in [0.15, 0.2) is 0 Å². The van der Waals surface area contributed by atoms with E-state index in [1.54, 1.807) is 12.1 Å². The van der Waals surface area contributed by atoms with Crippen LogP contribution in [0.5, 0.6) is 0 Å². The highest BCUT2D eigenvalue weighted by atomic mass is 35.5. The van der Waals surface area contributed by atoms with Crippen molar-refractivity contribution in [3.05, 3.63) is 29.8 Å². The molecule has 1 saturated heterocycles. The van der Waals surface area contributed by atoms with E-state index in [0.29, 0.717) is 6.54 Å². The van der Waals surface area contributed by atoms with Crippen molar-refractivity contribution in [2.24, 2.45) is 11.1 Å². The predicted octanol–water partition coefficient (Wildman–Crippen LogP) is 1.46. The maximum atomic E-state index is 12.3. The number of piperidine rings is 1. The molecule has 0 radical (unpaired) electrons. The molecule has 1 aromatic carbocycles. The third-order valence-corrected chi connectivity index (χ3v) is 3.74. The van der Waals surface area contributed by atoms with Crippen molar-refractivity contribution in [3.8, 4) is 0 Å². The number of nitrogens with one attached hydrogen (secondary N) is 2. The quantitative estimate of drug-likeness (QED) is 0.787. The molecule has 2 rings (SSSR count). The minimum atomic E-state index is -0.359. The number of halogens is 1. The molecule has 4 N–H and O–H groups in total. The highest BCUT2D eigenvalue weighted by molar-refractivity contribution is 5.95. The Morgan fingerprint density at radius 2 is 2.00 bits per heavy atom. The lowest BCUT2D eigenvalue weighted by Crippen LogP contribution is -2.46. The van der Waals surface area contributed by atoms with Gasteiger partial charge in [0.05, 0.1) is 11.8 Å². The summed E-state index contributed by atoms with van der Waals surface area (Å²) in [4.78, 5) is 23.2. The molecule has 0 saturated carbocycles. The molecule has 116 valence electrons. The average Bonchev–Trinajstić information content (AvgIpc) is 2.41. The Hall–Kier alpha value is -1.59. The van der Waals surface area contributed by atoms with Crippen LogP contribution in [0.4, 0.5) is 5.69 Å². The minimum absolute atomic E-state index is 0. The Balaban J connectivity index is 0.00000220. The van der Waals surface area contributed by atoms with E-state index in [1.165, 1.54) is 0 Å². The van der Waals surface area contributed by atoms with Gasteiger partial charge < -0.3 is 16.4 Å². The summed E-state index contributed by atoms with van der Waals surface area (Å²) < 4.78 is 0. The van der Waals surface area contributed by atoms with Gasteiger partial charge in [0.25, 0.3) is 0 Å². The third kappa shape index (κ3) is 4.72. The molecule has 0 spiro atoms. The van der Waals surface area contributed by atoms with Crippen molar-refractivity contribution in [2.75, 3.05) is 18.4 Å². The molecule has 1 aliphatic heterocycles. The Kier molecular flexibility index (Phi) is 6.18. The number of rotatable bonds is 4. The van der Waals surface area contributed by atoms with Crippen LogP contribution in [0.25, 0.3) is 0 Å². The molecule has 1 unspecified atom stereocenters. The fourth-order valence-electron chi connectivity index (χ4n) is 2.44. The zero-order valence-corrected chi connectivity index (χ0v) is 13.0. The lowest BCUT2D eigenvalue weighted by molar-refractivity contribution is -0.125. The Morgan fingerprint density at radius 3 is 2.52 bits per heavy atom. The highest BCUT2D eigenvalue weighted by Crippen LogP contribution is 2.27. The van der Waals surface area contributed by atoms with Crippen molar-refractivity contribution in [2.45, 2.75) is 26.2 Å². The topological polar surface area (TPSA) is 84.2 Å². The van der Waals surface area contributed by atoms with Crippen LogP contribution in [0.1, 0.15) is 25.3 Å². The summed E-state index contributed by atoms with van der Waals surface area (Å²) in [6.45, 7) is 3.67. The molecule has 1 heterocycles. The van der Waals surface area contributed by atoms with Gasteiger partial charge in [0.1, 0.15) is 0 Å².